The second-order valence-corrected chi connectivity index (χ2v) is 6.28. The standard InChI is InChI=1S/C17H24N4O2/c1-12-8-16(22-10-13-4-2-6-19-13)17(21-15(12)9-18)23-11-14-5-3-7-20-14/h8,13-14,19-20H,2-7,10-11H2,1H3/t13-,14-/m0/s1. The Balaban J connectivity index is 1.69. The van der Waals surface area contributed by atoms with Crippen LogP contribution in [0.3, 0.4) is 0 Å². The number of rotatable bonds is 6. The monoisotopic (exact) mass is 316 g/mol. The van der Waals surface area contributed by atoms with E-state index in [4.69, 9.17) is 9.47 Å². The summed E-state index contributed by atoms with van der Waals surface area (Å²) in [4.78, 5) is 4.34. The van der Waals surface area contributed by atoms with E-state index in [1.165, 1.54) is 12.8 Å². The zero-order valence-electron chi connectivity index (χ0n) is 13.6. The van der Waals surface area contributed by atoms with Crippen molar-refractivity contribution >= 4 is 0 Å². The van der Waals surface area contributed by atoms with Crippen LogP contribution in [0.25, 0.3) is 0 Å². The second-order valence-electron chi connectivity index (χ2n) is 6.28. The molecule has 0 spiro atoms. The largest absolute Gasteiger partial charge is 0.486 e. The number of nitrogens with one attached hydrogen (secondary N) is 2. The third-order valence-corrected chi connectivity index (χ3v) is 4.44. The van der Waals surface area contributed by atoms with Crippen LogP contribution in [0.1, 0.15) is 36.9 Å². The molecule has 2 N–H and O–H groups in total. The van der Waals surface area contributed by atoms with E-state index in [1.807, 2.05) is 13.0 Å². The van der Waals surface area contributed by atoms with Gasteiger partial charge in [-0.05, 0) is 57.3 Å². The molecular formula is C17H24N4O2. The molecule has 0 radical (unpaired) electrons. The van der Waals surface area contributed by atoms with Gasteiger partial charge in [0, 0.05) is 12.1 Å². The van der Waals surface area contributed by atoms with Crippen LogP contribution >= 0.6 is 0 Å². The van der Waals surface area contributed by atoms with E-state index >= 15 is 0 Å². The Bertz CT molecular complexity index is 573. The molecule has 0 saturated carbocycles. The van der Waals surface area contributed by atoms with Crippen molar-refractivity contribution in [1.82, 2.24) is 15.6 Å². The SMILES string of the molecule is Cc1cc(OC[C@@H]2CCCN2)c(OC[C@@H]2CCCN2)nc1C#N. The Morgan fingerprint density at radius 3 is 2.39 bits per heavy atom. The molecule has 1 aromatic rings. The Kier molecular flexibility index (Phi) is 5.31. The number of hydrogen-bond acceptors (Lipinski definition) is 6. The van der Waals surface area contributed by atoms with Crippen LogP contribution in [0.4, 0.5) is 0 Å². The van der Waals surface area contributed by atoms with Gasteiger partial charge in [0.2, 0.25) is 0 Å². The number of nitrogens with zero attached hydrogens (tertiary/aromatic N) is 2. The summed E-state index contributed by atoms with van der Waals surface area (Å²) in [5, 5.41) is 16.0. The van der Waals surface area contributed by atoms with Gasteiger partial charge in [0.1, 0.15) is 25.0 Å². The van der Waals surface area contributed by atoms with Gasteiger partial charge in [-0.25, -0.2) is 0 Å². The van der Waals surface area contributed by atoms with Gasteiger partial charge in [-0.3, -0.25) is 0 Å². The number of aromatic nitrogens is 1. The molecular weight excluding hydrogens is 292 g/mol. The van der Waals surface area contributed by atoms with Crippen LogP contribution in [0.15, 0.2) is 6.07 Å². The van der Waals surface area contributed by atoms with E-state index < -0.39 is 0 Å². The summed E-state index contributed by atoms with van der Waals surface area (Å²) in [6.07, 6.45) is 4.61. The van der Waals surface area contributed by atoms with Gasteiger partial charge in [-0.2, -0.15) is 10.2 Å². The van der Waals surface area contributed by atoms with E-state index in [0.29, 0.717) is 42.6 Å². The molecule has 2 aliphatic rings. The lowest BCUT2D eigenvalue weighted by Crippen LogP contribution is -2.29. The van der Waals surface area contributed by atoms with Gasteiger partial charge in [0.25, 0.3) is 5.88 Å². The lowest BCUT2D eigenvalue weighted by Gasteiger charge is -2.17. The fourth-order valence-corrected chi connectivity index (χ4v) is 3.06. The lowest BCUT2D eigenvalue weighted by atomic mass is 10.2. The van der Waals surface area contributed by atoms with Crippen molar-refractivity contribution in [3.8, 4) is 17.7 Å². The van der Waals surface area contributed by atoms with Crippen LogP contribution in [0.2, 0.25) is 0 Å². The molecule has 6 nitrogen and oxygen atoms in total. The highest BCUT2D eigenvalue weighted by molar-refractivity contribution is 5.43. The molecule has 2 saturated heterocycles. The van der Waals surface area contributed by atoms with E-state index in [9.17, 15) is 5.26 Å². The Labute approximate surface area is 137 Å². The number of aryl methyl sites for hydroxylation is 1. The van der Waals surface area contributed by atoms with E-state index in [1.54, 1.807) is 0 Å². The van der Waals surface area contributed by atoms with Gasteiger partial charge in [0.05, 0.1) is 0 Å². The fourth-order valence-electron chi connectivity index (χ4n) is 3.06. The summed E-state index contributed by atoms with van der Waals surface area (Å²) in [6.45, 7) is 5.11. The lowest BCUT2D eigenvalue weighted by molar-refractivity contribution is 0.228. The molecule has 0 aromatic carbocycles. The molecule has 1 aromatic heterocycles. The van der Waals surface area contributed by atoms with Crippen LogP contribution in [0, 0.1) is 18.3 Å². The highest BCUT2D eigenvalue weighted by Crippen LogP contribution is 2.28. The van der Waals surface area contributed by atoms with E-state index in [0.717, 1.165) is 31.5 Å². The molecule has 6 heteroatoms. The maximum atomic E-state index is 9.18. The predicted octanol–water partition coefficient (Wildman–Crippen LogP) is 1.52. The van der Waals surface area contributed by atoms with Crippen molar-refractivity contribution < 1.29 is 9.47 Å². The van der Waals surface area contributed by atoms with Crippen LogP contribution in [-0.2, 0) is 0 Å². The van der Waals surface area contributed by atoms with Crippen molar-refractivity contribution in [3.05, 3.63) is 17.3 Å². The molecule has 2 atom stereocenters. The summed E-state index contributed by atoms with van der Waals surface area (Å²) in [6, 6.07) is 4.71. The third-order valence-electron chi connectivity index (χ3n) is 4.44. The number of nitriles is 1. The van der Waals surface area contributed by atoms with Crippen LogP contribution in [-0.4, -0.2) is 43.4 Å². The molecule has 3 heterocycles. The summed E-state index contributed by atoms with van der Waals surface area (Å²) < 4.78 is 11.8. The zero-order chi connectivity index (χ0) is 16.1. The fraction of sp³-hybridized carbons (Fsp3) is 0.647. The number of pyridine rings is 1. The summed E-state index contributed by atoms with van der Waals surface area (Å²) in [5.74, 6) is 1.06. The maximum absolute atomic E-state index is 9.18. The van der Waals surface area contributed by atoms with Gasteiger partial charge in [0.15, 0.2) is 5.75 Å². The zero-order valence-corrected chi connectivity index (χ0v) is 13.6. The quantitative estimate of drug-likeness (QED) is 0.828. The minimum atomic E-state index is 0.355. The van der Waals surface area contributed by atoms with Crippen molar-refractivity contribution in [1.29, 1.82) is 5.26 Å². The third kappa shape index (κ3) is 4.12. The molecule has 2 fully saturated rings. The predicted molar refractivity (Wildman–Crippen MR) is 86.7 cm³/mol. The number of ether oxygens (including phenoxy) is 2. The highest BCUT2D eigenvalue weighted by atomic mass is 16.5. The highest BCUT2D eigenvalue weighted by Gasteiger charge is 2.20. The first kappa shape index (κ1) is 16.0. The molecule has 23 heavy (non-hydrogen) atoms. The van der Waals surface area contributed by atoms with Gasteiger partial charge in [-0.1, -0.05) is 0 Å². The molecule has 2 aliphatic heterocycles. The van der Waals surface area contributed by atoms with Gasteiger partial charge in [-0.15, -0.1) is 0 Å². The number of hydrogen-bond donors (Lipinski definition) is 2. The topological polar surface area (TPSA) is 79.2 Å². The average Bonchev–Trinajstić information content (AvgIpc) is 3.25. The van der Waals surface area contributed by atoms with E-state index in [-0.39, 0.29) is 0 Å². The van der Waals surface area contributed by atoms with Gasteiger partial charge < -0.3 is 20.1 Å². The van der Waals surface area contributed by atoms with E-state index in [2.05, 4.69) is 21.7 Å². The first-order valence-corrected chi connectivity index (χ1v) is 8.40. The first-order chi connectivity index (χ1) is 11.3. The smallest absolute Gasteiger partial charge is 0.258 e. The molecule has 0 amide bonds. The molecule has 3 rings (SSSR count). The maximum Gasteiger partial charge on any atom is 0.258 e. The normalized spacial score (nSPS) is 23.7. The molecule has 0 aliphatic carbocycles. The molecule has 124 valence electrons. The van der Waals surface area contributed by atoms with Crippen molar-refractivity contribution in [2.45, 2.75) is 44.7 Å². The minimum Gasteiger partial charge on any atom is -0.486 e. The molecule has 0 unspecified atom stereocenters. The summed E-state index contributed by atoms with van der Waals surface area (Å²) in [7, 11) is 0. The Morgan fingerprint density at radius 1 is 1.17 bits per heavy atom. The van der Waals surface area contributed by atoms with Crippen molar-refractivity contribution in [3.63, 3.8) is 0 Å². The van der Waals surface area contributed by atoms with Gasteiger partial charge >= 0.3 is 0 Å². The van der Waals surface area contributed by atoms with Crippen molar-refractivity contribution in [2.24, 2.45) is 0 Å². The average molecular weight is 316 g/mol. The Hall–Kier alpha value is -1.84. The van der Waals surface area contributed by atoms with Crippen LogP contribution < -0.4 is 20.1 Å². The van der Waals surface area contributed by atoms with Crippen molar-refractivity contribution in [2.75, 3.05) is 26.3 Å². The molecule has 0 bridgehead atoms. The second kappa shape index (κ2) is 7.62. The summed E-state index contributed by atoms with van der Waals surface area (Å²) >= 11 is 0. The first-order valence-electron chi connectivity index (χ1n) is 8.40. The summed E-state index contributed by atoms with van der Waals surface area (Å²) in [5.41, 5.74) is 1.21. The van der Waals surface area contributed by atoms with Crippen LogP contribution in [0.5, 0.6) is 11.6 Å². The minimum absolute atomic E-state index is 0.355. The Morgan fingerprint density at radius 2 is 1.83 bits per heavy atom.